The third-order valence-electron chi connectivity index (χ3n) is 5.71. The lowest BCUT2D eigenvalue weighted by molar-refractivity contribution is -0.123. The zero-order chi connectivity index (χ0) is 21.3. The van der Waals surface area contributed by atoms with Crippen molar-refractivity contribution in [3.8, 4) is 0 Å². The van der Waals surface area contributed by atoms with Gasteiger partial charge in [0.25, 0.3) is 0 Å². The Kier molecular flexibility index (Phi) is 5.97. The number of morpholine rings is 1. The zero-order valence-electron chi connectivity index (χ0n) is 16.3. The van der Waals surface area contributed by atoms with Crippen LogP contribution in [0.3, 0.4) is 0 Å². The summed E-state index contributed by atoms with van der Waals surface area (Å²) in [5.41, 5.74) is 1.16. The van der Waals surface area contributed by atoms with E-state index in [1.807, 2.05) is 4.90 Å². The molecule has 1 aliphatic heterocycles. The van der Waals surface area contributed by atoms with Crippen molar-refractivity contribution in [1.29, 1.82) is 0 Å². The molecule has 1 aliphatic carbocycles. The smallest absolute Gasteiger partial charge is 0.224 e. The normalized spacial score (nSPS) is 21.9. The summed E-state index contributed by atoms with van der Waals surface area (Å²) in [6.07, 6.45) is 0.410. The van der Waals surface area contributed by atoms with Crippen molar-refractivity contribution in [2.24, 2.45) is 5.92 Å². The summed E-state index contributed by atoms with van der Waals surface area (Å²) < 4.78 is 47.0. The molecule has 4 rings (SSSR count). The Labute approximate surface area is 172 Å². The van der Waals surface area contributed by atoms with Crippen molar-refractivity contribution in [3.63, 3.8) is 0 Å². The van der Waals surface area contributed by atoms with Crippen LogP contribution in [0.1, 0.15) is 29.5 Å². The van der Waals surface area contributed by atoms with Gasteiger partial charge in [-0.15, -0.1) is 0 Å². The topological polar surface area (TPSA) is 61.8 Å². The van der Waals surface area contributed by atoms with Crippen molar-refractivity contribution in [3.05, 3.63) is 65.0 Å². The molecule has 160 valence electrons. The van der Waals surface area contributed by atoms with Gasteiger partial charge < -0.3 is 20.1 Å². The van der Waals surface area contributed by atoms with Crippen LogP contribution in [0.4, 0.5) is 18.9 Å². The first-order valence-corrected chi connectivity index (χ1v) is 9.96. The Bertz CT molecular complexity index is 934. The minimum atomic E-state index is -0.725. The van der Waals surface area contributed by atoms with Crippen LogP contribution in [0, 0.1) is 23.4 Å². The minimum Gasteiger partial charge on any atom is -0.394 e. The Morgan fingerprint density at radius 1 is 1.13 bits per heavy atom. The molecule has 0 aromatic heterocycles. The minimum absolute atomic E-state index is 0.187. The van der Waals surface area contributed by atoms with Crippen LogP contribution in [0.15, 0.2) is 36.4 Å². The lowest BCUT2D eigenvalue weighted by atomic mass is 10.0. The van der Waals surface area contributed by atoms with Crippen LogP contribution in [-0.2, 0) is 9.53 Å². The van der Waals surface area contributed by atoms with E-state index in [-0.39, 0.29) is 23.9 Å². The number of carbonyl (C=O) groups is 1. The van der Waals surface area contributed by atoms with Gasteiger partial charge in [0.05, 0.1) is 31.5 Å². The Morgan fingerprint density at radius 2 is 1.87 bits per heavy atom. The maximum atomic E-state index is 14.3. The van der Waals surface area contributed by atoms with E-state index >= 15 is 0 Å². The second kappa shape index (κ2) is 8.65. The number of nitrogens with one attached hydrogen (secondary N) is 1. The Morgan fingerprint density at radius 3 is 2.60 bits per heavy atom. The highest BCUT2D eigenvalue weighted by molar-refractivity contribution is 5.83. The number of halogens is 3. The molecule has 2 N–H and O–H groups in total. The molecule has 0 spiro atoms. The monoisotopic (exact) mass is 420 g/mol. The van der Waals surface area contributed by atoms with Crippen LogP contribution in [-0.4, -0.2) is 43.9 Å². The number of hydrogen-bond donors (Lipinski definition) is 2. The SMILES string of the molecule is O=C(N[C@@H](CO)c1ccc(F)c(N2CCOCC2)c1)C1CC1c1cc(F)ccc1F. The van der Waals surface area contributed by atoms with Crippen molar-refractivity contribution < 1.29 is 27.8 Å². The van der Waals surface area contributed by atoms with E-state index in [4.69, 9.17) is 4.74 Å². The second-order valence-electron chi connectivity index (χ2n) is 7.67. The van der Waals surface area contributed by atoms with E-state index in [0.717, 1.165) is 18.2 Å². The average Bonchev–Trinajstić information content (AvgIpc) is 3.55. The van der Waals surface area contributed by atoms with Gasteiger partial charge in [-0.2, -0.15) is 0 Å². The molecule has 2 unspecified atom stereocenters. The van der Waals surface area contributed by atoms with Gasteiger partial charge in [0.1, 0.15) is 17.5 Å². The number of aliphatic hydroxyl groups excluding tert-OH is 1. The summed E-state index contributed by atoms with van der Waals surface area (Å²) in [4.78, 5) is 14.5. The van der Waals surface area contributed by atoms with Gasteiger partial charge in [-0.3, -0.25) is 4.79 Å². The van der Waals surface area contributed by atoms with Gasteiger partial charge in [0, 0.05) is 19.0 Å². The van der Waals surface area contributed by atoms with Gasteiger partial charge in [0.15, 0.2) is 0 Å². The van der Waals surface area contributed by atoms with E-state index in [1.54, 1.807) is 6.07 Å². The number of rotatable bonds is 6. The number of aliphatic hydroxyl groups is 1. The maximum absolute atomic E-state index is 14.3. The molecular formula is C22H23F3N2O3. The first-order valence-electron chi connectivity index (χ1n) is 9.96. The largest absolute Gasteiger partial charge is 0.394 e. The molecule has 1 saturated heterocycles. The highest BCUT2D eigenvalue weighted by atomic mass is 19.1. The van der Waals surface area contributed by atoms with E-state index in [1.165, 1.54) is 12.1 Å². The average molecular weight is 420 g/mol. The summed E-state index contributed by atoms with van der Waals surface area (Å²) in [5.74, 6) is -2.70. The molecule has 2 aliphatic rings. The first-order chi connectivity index (χ1) is 14.5. The molecule has 2 aromatic carbocycles. The molecule has 3 atom stereocenters. The van der Waals surface area contributed by atoms with Crippen LogP contribution < -0.4 is 10.2 Å². The summed E-state index contributed by atoms with van der Waals surface area (Å²) in [6.45, 7) is 1.75. The predicted molar refractivity (Wildman–Crippen MR) is 105 cm³/mol. The highest BCUT2D eigenvalue weighted by Gasteiger charge is 2.45. The van der Waals surface area contributed by atoms with Gasteiger partial charge >= 0.3 is 0 Å². The molecule has 2 fully saturated rings. The highest BCUT2D eigenvalue weighted by Crippen LogP contribution is 2.48. The number of carbonyl (C=O) groups excluding carboxylic acids is 1. The third kappa shape index (κ3) is 4.29. The maximum Gasteiger partial charge on any atom is 0.224 e. The fourth-order valence-electron chi connectivity index (χ4n) is 3.93. The standard InChI is InChI=1S/C22H23F3N2O3/c23-14-2-4-18(24)16(10-14)15-11-17(15)22(29)26-20(12-28)13-1-3-19(25)21(9-13)27-5-7-30-8-6-27/h1-4,9-10,15,17,20,28H,5-8,11-12H2,(H,26,29)/t15?,17?,20-/m0/s1. The second-order valence-corrected chi connectivity index (χ2v) is 7.67. The van der Waals surface area contributed by atoms with E-state index in [2.05, 4.69) is 5.32 Å². The zero-order valence-corrected chi connectivity index (χ0v) is 16.3. The molecule has 8 heteroatoms. The van der Waals surface area contributed by atoms with Gasteiger partial charge in [-0.25, -0.2) is 13.2 Å². The predicted octanol–water partition coefficient (Wildman–Crippen LogP) is 2.89. The van der Waals surface area contributed by atoms with E-state index in [9.17, 15) is 23.1 Å². The van der Waals surface area contributed by atoms with E-state index < -0.39 is 29.5 Å². The molecular weight excluding hydrogens is 397 g/mol. The summed E-state index contributed by atoms with van der Waals surface area (Å²) in [6, 6.07) is 6.95. The number of nitrogens with zero attached hydrogens (tertiary/aromatic N) is 1. The fraction of sp³-hybridized carbons (Fsp3) is 0.409. The number of ether oxygens (including phenoxy) is 1. The molecule has 2 aromatic rings. The van der Waals surface area contributed by atoms with Crippen molar-refractivity contribution in [2.45, 2.75) is 18.4 Å². The molecule has 1 amide bonds. The molecule has 30 heavy (non-hydrogen) atoms. The van der Waals surface area contributed by atoms with Crippen molar-refractivity contribution in [2.75, 3.05) is 37.8 Å². The molecule has 5 nitrogen and oxygen atoms in total. The third-order valence-corrected chi connectivity index (χ3v) is 5.71. The first kappa shape index (κ1) is 20.7. The lowest BCUT2D eigenvalue weighted by Crippen LogP contribution is -2.37. The Balaban J connectivity index is 1.46. The van der Waals surface area contributed by atoms with Crippen molar-refractivity contribution >= 4 is 11.6 Å². The number of hydrogen-bond acceptors (Lipinski definition) is 4. The Hall–Kier alpha value is -2.58. The molecule has 1 heterocycles. The van der Waals surface area contributed by atoms with Crippen LogP contribution in [0.5, 0.6) is 0 Å². The van der Waals surface area contributed by atoms with Gasteiger partial charge in [-0.05, 0) is 53.8 Å². The molecule has 0 bridgehead atoms. The quantitative estimate of drug-likeness (QED) is 0.755. The molecule has 0 radical (unpaired) electrons. The summed E-state index contributed by atoms with van der Waals surface area (Å²) in [7, 11) is 0. The van der Waals surface area contributed by atoms with Gasteiger partial charge in [0.2, 0.25) is 5.91 Å². The number of anilines is 1. The van der Waals surface area contributed by atoms with Crippen LogP contribution in [0.25, 0.3) is 0 Å². The summed E-state index contributed by atoms with van der Waals surface area (Å²) >= 11 is 0. The number of benzene rings is 2. The van der Waals surface area contributed by atoms with Crippen LogP contribution in [0.2, 0.25) is 0 Å². The van der Waals surface area contributed by atoms with Crippen LogP contribution >= 0.6 is 0 Å². The lowest BCUT2D eigenvalue weighted by Gasteiger charge is -2.30. The van der Waals surface area contributed by atoms with Gasteiger partial charge in [-0.1, -0.05) is 6.07 Å². The number of amides is 1. The summed E-state index contributed by atoms with van der Waals surface area (Å²) in [5, 5.41) is 12.6. The van der Waals surface area contributed by atoms with E-state index in [0.29, 0.717) is 44.0 Å². The molecule has 1 saturated carbocycles. The fourth-order valence-corrected chi connectivity index (χ4v) is 3.93. The van der Waals surface area contributed by atoms with Crippen molar-refractivity contribution in [1.82, 2.24) is 5.32 Å².